The molecular weight excluding hydrogens is 302 g/mol. The van der Waals surface area contributed by atoms with E-state index in [9.17, 15) is 9.59 Å². The van der Waals surface area contributed by atoms with E-state index >= 15 is 0 Å². The molecule has 2 amide bonds. The van der Waals surface area contributed by atoms with Crippen molar-refractivity contribution < 1.29 is 9.59 Å². The second-order valence-electron chi connectivity index (χ2n) is 5.77. The van der Waals surface area contributed by atoms with Gasteiger partial charge in [0.2, 0.25) is 11.8 Å². The lowest BCUT2D eigenvalue weighted by atomic mass is 10.1. The van der Waals surface area contributed by atoms with E-state index in [1.54, 1.807) is 24.3 Å². The molecule has 0 aliphatic carbocycles. The fourth-order valence-corrected chi connectivity index (χ4v) is 2.29. The van der Waals surface area contributed by atoms with Gasteiger partial charge in [0, 0.05) is 29.8 Å². The molecule has 3 N–H and O–H groups in total. The second-order valence-corrected chi connectivity index (χ2v) is 5.77. The molecule has 1 aliphatic rings. The van der Waals surface area contributed by atoms with E-state index in [2.05, 4.69) is 16.0 Å². The van der Waals surface area contributed by atoms with Crippen molar-refractivity contribution in [3.8, 4) is 0 Å². The van der Waals surface area contributed by atoms with Crippen LogP contribution < -0.4 is 16.0 Å². The molecule has 6 heteroatoms. The number of benzene rings is 1. The van der Waals surface area contributed by atoms with Crippen molar-refractivity contribution in [1.82, 2.24) is 5.32 Å². The largest absolute Gasteiger partial charge is 0.326 e. The normalized spacial score (nSPS) is 17.0. The summed E-state index contributed by atoms with van der Waals surface area (Å²) in [6.45, 7) is 4.70. The first-order valence-electron chi connectivity index (χ1n) is 7.49. The molecule has 22 heavy (non-hydrogen) atoms. The van der Waals surface area contributed by atoms with Gasteiger partial charge >= 0.3 is 0 Å². The molecule has 0 saturated carbocycles. The van der Waals surface area contributed by atoms with Crippen molar-refractivity contribution in [2.45, 2.75) is 39.2 Å². The van der Waals surface area contributed by atoms with E-state index in [0.29, 0.717) is 12.5 Å². The zero-order valence-electron chi connectivity index (χ0n) is 13.0. The maximum atomic E-state index is 11.9. The summed E-state index contributed by atoms with van der Waals surface area (Å²) >= 11 is 0. The SMILES string of the molecule is CC(C)C(=O)Nc1ccc(NC(=O)CC2CCCN2)cc1.Cl. The summed E-state index contributed by atoms with van der Waals surface area (Å²) in [4.78, 5) is 23.5. The first-order chi connectivity index (χ1) is 10.0. The summed E-state index contributed by atoms with van der Waals surface area (Å²) in [6, 6.07) is 7.49. The Balaban J connectivity index is 0.00000242. The molecule has 0 bridgehead atoms. The van der Waals surface area contributed by atoms with Crippen LogP contribution in [0.15, 0.2) is 24.3 Å². The molecule has 1 heterocycles. The van der Waals surface area contributed by atoms with Crippen LogP contribution in [0, 0.1) is 5.92 Å². The highest BCUT2D eigenvalue weighted by atomic mass is 35.5. The maximum Gasteiger partial charge on any atom is 0.226 e. The van der Waals surface area contributed by atoms with Crippen molar-refractivity contribution in [3.63, 3.8) is 0 Å². The van der Waals surface area contributed by atoms with Crippen molar-refractivity contribution in [2.75, 3.05) is 17.2 Å². The minimum absolute atomic E-state index is 0. The number of halogens is 1. The minimum atomic E-state index is -0.0525. The van der Waals surface area contributed by atoms with E-state index in [-0.39, 0.29) is 30.1 Å². The molecular formula is C16H24ClN3O2. The summed E-state index contributed by atoms with van der Waals surface area (Å²) in [7, 11) is 0. The number of amides is 2. The zero-order valence-corrected chi connectivity index (χ0v) is 13.8. The van der Waals surface area contributed by atoms with E-state index in [1.165, 1.54) is 0 Å². The van der Waals surface area contributed by atoms with Crippen LogP contribution in [0.25, 0.3) is 0 Å². The summed E-state index contributed by atoms with van der Waals surface area (Å²) in [5.74, 6) is -0.0456. The van der Waals surface area contributed by atoms with Crippen LogP contribution in [0.1, 0.15) is 33.1 Å². The Morgan fingerprint density at radius 3 is 2.27 bits per heavy atom. The molecule has 1 saturated heterocycles. The van der Waals surface area contributed by atoms with Crippen LogP contribution in [-0.4, -0.2) is 24.4 Å². The van der Waals surface area contributed by atoms with Crippen molar-refractivity contribution in [3.05, 3.63) is 24.3 Å². The molecule has 1 aromatic rings. The molecule has 1 fully saturated rings. The lowest BCUT2D eigenvalue weighted by Crippen LogP contribution is -2.27. The molecule has 122 valence electrons. The number of rotatable bonds is 5. The standard InChI is InChI=1S/C16H23N3O2.ClH/c1-11(2)16(21)19-13-7-5-12(6-8-13)18-15(20)10-14-4-3-9-17-14;/h5-8,11,14,17H,3-4,9-10H2,1-2H3,(H,18,20)(H,19,21);1H. The van der Waals surface area contributed by atoms with Crippen molar-refractivity contribution in [1.29, 1.82) is 0 Å². The predicted molar refractivity (Wildman–Crippen MR) is 91.4 cm³/mol. The first-order valence-corrected chi connectivity index (χ1v) is 7.49. The highest BCUT2D eigenvalue weighted by molar-refractivity contribution is 5.93. The van der Waals surface area contributed by atoms with Crippen LogP contribution in [-0.2, 0) is 9.59 Å². The molecule has 0 radical (unpaired) electrons. The highest BCUT2D eigenvalue weighted by Crippen LogP contribution is 2.16. The van der Waals surface area contributed by atoms with Gasteiger partial charge in [-0.1, -0.05) is 13.8 Å². The Bertz CT molecular complexity index is 497. The van der Waals surface area contributed by atoms with Crippen LogP contribution >= 0.6 is 12.4 Å². The van der Waals surface area contributed by atoms with Gasteiger partial charge in [-0.25, -0.2) is 0 Å². The Labute approximate surface area is 137 Å². The lowest BCUT2D eigenvalue weighted by Gasteiger charge is -2.11. The first kappa shape index (κ1) is 18.5. The average molecular weight is 326 g/mol. The zero-order chi connectivity index (χ0) is 15.2. The van der Waals surface area contributed by atoms with Gasteiger partial charge in [0.15, 0.2) is 0 Å². The van der Waals surface area contributed by atoms with E-state index in [4.69, 9.17) is 0 Å². The molecule has 0 spiro atoms. The summed E-state index contributed by atoms with van der Waals surface area (Å²) in [5, 5.41) is 9.01. The van der Waals surface area contributed by atoms with Gasteiger partial charge in [0.1, 0.15) is 0 Å². The maximum absolute atomic E-state index is 11.9. The van der Waals surface area contributed by atoms with Crippen LogP contribution in [0.3, 0.4) is 0 Å². The third-order valence-corrected chi connectivity index (χ3v) is 3.55. The summed E-state index contributed by atoms with van der Waals surface area (Å²) < 4.78 is 0. The van der Waals surface area contributed by atoms with E-state index in [0.717, 1.165) is 30.8 Å². The Morgan fingerprint density at radius 2 is 1.77 bits per heavy atom. The number of carbonyl (C=O) groups excluding carboxylic acids is 2. The monoisotopic (exact) mass is 325 g/mol. The molecule has 1 aliphatic heterocycles. The van der Waals surface area contributed by atoms with Gasteiger partial charge in [-0.15, -0.1) is 12.4 Å². The fourth-order valence-electron chi connectivity index (χ4n) is 2.29. The third kappa shape index (κ3) is 5.66. The molecule has 1 unspecified atom stereocenters. The van der Waals surface area contributed by atoms with Gasteiger partial charge in [-0.05, 0) is 43.7 Å². The molecule has 5 nitrogen and oxygen atoms in total. The van der Waals surface area contributed by atoms with Crippen molar-refractivity contribution >= 4 is 35.6 Å². The number of anilines is 2. The molecule has 1 aromatic carbocycles. The molecule has 2 rings (SSSR count). The predicted octanol–water partition coefficient (Wildman–Crippen LogP) is 2.78. The van der Waals surface area contributed by atoms with Crippen LogP contribution in [0.2, 0.25) is 0 Å². The van der Waals surface area contributed by atoms with Crippen LogP contribution in [0.4, 0.5) is 11.4 Å². The van der Waals surface area contributed by atoms with Crippen LogP contribution in [0.5, 0.6) is 0 Å². The van der Waals surface area contributed by atoms with E-state index in [1.807, 2.05) is 13.8 Å². The molecule has 0 aromatic heterocycles. The fraction of sp³-hybridized carbons (Fsp3) is 0.500. The van der Waals surface area contributed by atoms with Crippen molar-refractivity contribution in [2.24, 2.45) is 5.92 Å². The third-order valence-electron chi connectivity index (χ3n) is 3.55. The van der Waals surface area contributed by atoms with Gasteiger partial charge in [-0.3, -0.25) is 9.59 Å². The summed E-state index contributed by atoms with van der Waals surface area (Å²) in [6.07, 6.45) is 2.71. The number of hydrogen-bond donors (Lipinski definition) is 3. The lowest BCUT2D eigenvalue weighted by molar-refractivity contribution is -0.119. The average Bonchev–Trinajstić information content (AvgIpc) is 2.93. The van der Waals surface area contributed by atoms with Gasteiger partial charge in [0.25, 0.3) is 0 Å². The summed E-state index contributed by atoms with van der Waals surface area (Å²) in [5.41, 5.74) is 1.49. The Kier molecular flexibility index (Phi) is 7.35. The smallest absolute Gasteiger partial charge is 0.226 e. The number of nitrogens with one attached hydrogen (secondary N) is 3. The highest BCUT2D eigenvalue weighted by Gasteiger charge is 2.17. The number of carbonyl (C=O) groups is 2. The minimum Gasteiger partial charge on any atom is -0.326 e. The second kappa shape index (κ2) is 8.76. The quantitative estimate of drug-likeness (QED) is 0.779. The van der Waals surface area contributed by atoms with E-state index < -0.39 is 0 Å². The van der Waals surface area contributed by atoms with Gasteiger partial charge in [0.05, 0.1) is 0 Å². The topological polar surface area (TPSA) is 70.2 Å². The van der Waals surface area contributed by atoms with Gasteiger partial charge in [-0.2, -0.15) is 0 Å². The Morgan fingerprint density at radius 1 is 1.18 bits per heavy atom. The Hall–Kier alpha value is -1.59. The molecule has 1 atom stereocenters. The number of hydrogen-bond acceptors (Lipinski definition) is 3. The van der Waals surface area contributed by atoms with Gasteiger partial charge < -0.3 is 16.0 Å².